The van der Waals surface area contributed by atoms with Crippen LogP contribution in [0.25, 0.3) is 93.0 Å². The molecule has 10 aromatic rings. The van der Waals surface area contributed by atoms with Crippen molar-refractivity contribution in [3.05, 3.63) is 169 Å². The molecule has 54 heavy (non-hydrogen) atoms. The maximum Gasteiger partial charge on any atom is 0.417 e. The number of rotatable bonds is 5. The Kier molecular flexibility index (Phi) is 7.42. The van der Waals surface area contributed by atoms with Crippen LogP contribution in [0, 0.1) is 0 Å². The zero-order valence-electron chi connectivity index (χ0n) is 28.4. The first kappa shape index (κ1) is 32.0. The molecular formula is C46H27F3N4S. The molecule has 0 aliphatic carbocycles. The number of para-hydroxylation sites is 1. The van der Waals surface area contributed by atoms with Gasteiger partial charge in [0.05, 0.1) is 22.3 Å². The molecule has 0 bridgehead atoms. The van der Waals surface area contributed by atoms with Gasteiger partial charge in [0, 0.05) is 53.2 Å². The molecule has 0 fully saturated rings. The Morgan fingerprint density at radius 1 is 0.444 bits per heavy atom. The summed E-state index contributed by atoms with van der Waals surface area (Å²) < 4.78 is 49.0. The van der Waals surface area contributed by atoms with Gasteiger partial charge in [0.1, 0.15) is 0 Å². The van der Waals surface area contributed by atoms with E-state index >= 15 is 0 Å². The summed E-state index contributed by atoms with van der Waals surface area (Å²) in [6, 6.07) is 51.3. The minimum Gasteiger partial charge on any atom is -0.309 e. The van der Waals surface area contributed by atoms with Crippen LogP contribution in [0.15, 0.2) is 164 Å². The predicted molar refractivity (Wildman–Crippen MR) is 214 cm³/mol. The maximum absolute atomic E-state index is 14.9. The molecule has 0 radical (unpaired) electrons. The number of alkyl halides is 3. The molecule has 8 heteroatoms. The highest BCUT2D eigenvalue weighted by Crippen LogP contribution is 2.46. The number of hydrogen-bond acceptors (Lipinski definition) is 4. The number of halogens is 3. The molecule has 3 aromatic heterocycles. The van der Waals surface area contributed by atoms with Gasteiger partial charge in [-0.15, -0.1) is 11.3 Å². The summed E-state index contributed by atoms with van der Waals surface area (Å²) >= 11 is 1.74. The molecule has 0 unspecified atom stereocenters. The van der Waals surface area contributed by atoms with Crippen molar-refractivity contribution < 1.29 is 13.2 Å². The molecule has 0 aliphatic heterocycles. The summed E-state index contributed by atoms with van der Waals surface area (Å²) in [5, 5.41) is 4.39. The summed E-state index contributed by atoms with van der Waals surface area (Å²) in [6.45, 7) is 0. The molecule has 7 aromatic carbocycles. The van der Waals surface area contributed by atoms with Gasteiger partial charge in [-0.1, -0.05) is 115 Å². The SMILES string of the molecule is FC(F)(F)c1ccccc1-c1cc(-c2nc(-c3ccccc3)nc(-c3ccccc3)n2)ccc1-n1c2ccccc2c2c3c(ccc21)sc1ccccc13. The van der Waals surface area contributed by atoms with Gasteiger partial charge in [0.2, 0.25) is 0 Å². The molecule has 3 heterocycles. The molecule has 0 saturated heterocycles. The van der Waals surface area contributed by atoms with Gasteiger partial charge >= 0.3 is 6.18 Å². The summed E-state index contributed by atoms with van der Waals surface area (Å²) in [4.78, 5) is 14.6. The topological polar surface area (TPSA) is 43.6 Å². The Morgan fingerprint density at radius 2 is 1.04 bits per heavy atom. The van der Waals surface area contributed by atoms with E-state index < -0.39 is 11.7 Å². The van der Waals surface area contributed by atoms with Crippen LogP contribution in [0.2, 0.25) is 0 Å². The Morgan fingerprint density at radius 3 is 1.74 bits per heavy atom. The van der Waals surface area contributed by atoms with E-state index in [1.165, 1.54) is 10.8 Å². The fourth-order valence-corrected chi connectivity index (χ4v) is 8.64. The van der Waals surface area contributed by atoms with Crippen molar-refractivity contribution in [2.75, 3.05) is 0 Å². The molecule has 0 N–H and O–H groups in total. The Hall–Kier alpha value is -6.64. The molecule has 10 rings (SSSR count). The van der Waals surface area contributed by atoms with Crippen molar-refractivity contribution in [1.82, 2.24) is 19.5 Å². The van der Waals surface area contributed by atoms with E-state index in [1.54, 1.807) is 29.5 Å². The Labute approximate surface area is 311 Å². The van der Waals surface area contributed by atoms with Crippen LogP contribution in [0.4, 0.5) is 13.2 Å². The van der Waals surface area contributed by atoms with Gasteiger partial charge in [0.15, 0.2) is 17.5 Å². The zero-order valence-corrected chi connectivity index (χ0v) is 29.2. The molecule has 0 saturated carbocycles. The van der Waals surface area contributed by atoms with Crippen LogP contribution in [-0.2, 0) is 6.18 Å². The number of fused-ring (bicyclic) bond motifs is 7. The molecular weight excluding hydrogens is 698 g/mol. The average Bonchev–Trinajstić information content (AvgIpc) is 3.76. The van der Waals surface area contributed by atoms with Crippen LogP contribution in [-0.4, -0.2) is 19.5 Å². The highest BCUT2D eigenvalue weighted by atomic mass is 32.1. The van der Waals surface area contributed by atoms with Crippen molar-refractivity contribution >= 4 is 53.3 Å². The minimum absolute atomic E-state index is 0.0652. The summed E-state index contributed by atoms with van der Waals surface area (Å²) in [5.41, 5.74) is 4.33. The van der Waals surface area contributed by atoms with Gasteiger partial charge in [-0.2, -0.15) is 13.2 Å². The largest absolute Gasteiger partial charge is 0.417 e. The highest BCUT2D eigenvalue weighted by Gasteiger charge is 2.34. The lowest BCUT2D eigenvalue weighted by Gasteiger charge is -2.19. The monoisotopic (exact) mass is 724 g/mol. The lowest BCUT2D eigenvalue weighted by atomic mass is 9.95. The van der Waals surface area contributed by atoms with Gasteiger partial charge in [-0.3, -0.25) is 0 Å². The highest BCUT2D eigenvalue weighted by molar-refractivity contribution is 7.26. The number of aromatic nitrogens is 4. The van der Waals surface area contributed by atoms with E-state index in [4.69, 9.17) is 15.0 Å². The summed E-state index contributed by atoms with van der Waals surface area (Å²) in [6.07, 6.45) is -4.60. The van der Waals surface area contributed by atoms with Gasteiger partial charge in [-0.05, 0) is 54.1 Å². The third kappa shape index (κ3) is 5.25. The smallest absolute Gasteiger partial charge is 0.309 e. The van der Waals surface area contributed by atoms with E-state index in [2.05, 4.69) is 34.9 Å². The molecule has 0 amide bonds. The van der Waals surface area contributed by atoms with Crippen molar-refractivity contribution in [1.29, 1.82) is 0 Å². The van der Waals surface area contributed by atoms with Gasteiger partial charge in [-0.25, -0.2) is 15.0 Å². The number of benzene rings is 7. The fourth-order valence-electron chi connectivity index (χ4n) is 7.52. The third-order valence-electron chi connectivity index (χ3n) is 9.89. The maximum atomic E-state index is 14.9. The van der Waals surface area contributed by atoms with E-state index in [-0.39, 0.29) is 5.56 Å². The Bertz CT molecular complexity index is 2980. The van der Waals surface area contributed by atoms with Crippen molar-refractivity contribution in [2.45, 2.75) is 6.18 Å². The van der Waals surface area contributed by atoms with Crippen LogP contribution >= 0.6 is 11.3 Å². The van der Waals surface area contributed by atoms with E-state index in [0.29, 0.717) is 34.3 Å². The summed E-state index contributed by atoms with van der Waals surface area (Å²) in [7, 11) is 0. The second kappa shape index (κ2) is 12.5. The van der Waals surface area contributed by atoms with Gasteiger partial charge < -0.3 is 4.57 Å². The average molecular weight is 725 g/mol. The zero-order chi connectivity index (χ0) is 36.4. The minimum atomic E-state index is -4.60. The quantitative estimate of drug-likeness (QED) is 0.177. The molecule has 0 aliphatic rings. The normalized spacial score (nSPS) is 12.0. The third-order valence-corrected chi connectivity index (χ3v) is 11.0. The first-order valence-corrected chi connectivity index (χ1v) is 18.3. The first-order chi connectivity index (χ1) is 26.4. The lowest BCUT2D eigenvalue weighted by molar-refractivity contribution is -0.137. The van der Waals surface area contributed by atoms with E-state index in [0.717, 1.165) is 54.5 Å². The van der Waals surface area contributed by atoms with E-state index in [1.807, 2.05) is 103 Å². The van der Waals surface area contributed by atoms with Crippen LogP contribution in [0.3, 0.4) is 0 Å². The van der Waals surface area contributed by atoms with Crippen LogP contribution in [0.5, 0.6) is 0 Å². The van der Waals surface area contributed by atoms with Crippen molar-refractivity contribution in [2.24, 2.45) is 0 Å². The van der Waals surface area contributed by atoms with Crippen molar-refractivity contribution in [3.8, 4) is 51.0 Å². The summed E-state index contributed by atoms with van der Waals surface area (Å²) in [5.74, 6) is 1.29. The molecule has 258 valence electrons. The standard InChI is InChI=1S/C46H27F3N4S/c47-46(48,49)35-20-10-7-17-31(35)34-27-30(45-51-43(28-13-3-1-4-14-28)50-44(52-45)29-15-5-2-6-16-29)23-24-37(34)53-36-21-11-8-18-32(36)41-38(53)25-26-40-42(41)33-19-9-12-22-39(33)54-40/h1-27H. The lowest BCUT2D eigenvalue weighted by Crippen LogP contribution is -2.08. The fraction of sp³-hybridized carbons (Fsp3) is 0.0217. The molecule has 0 spiro atoms. The second-order valence-corrected chi connectivity index (χ2v) is 14.2. The molecule has 0 atom stereocenters. The van der Waals surface area contributed by atoms with E-state index in [9.17, 15) is 13.2 Å². The van der Waals surface area contributed by atoms with Gasteiger partial charge in [0.25, 0.3) is 0 Å². The Balaban J connectivity index is 1.28. The number of nitrogens with zero attached hydrogens (tertiary/aromatic N) is 4. The number of thiophene rings is 1. The van der Waals surface area contributed by atoms with Crippen LogP contribution < -0.4 is 0 Å². The number of hydrogen-bond donors (Lipinski definition) is 0. The van der Waals surface area contributed by atoms with Crippen molar-refractivity contribution in [3.63, 3.8) is 0 Å². The first-order valence-electron chi connectivity index (χ1n) is 17.4. The predicted octanol–water partition coefficient (Wildman–Crippen LogP) is 13.0. The molecule has 4 nitrogen and oxygen atoms in total. The second-order valence-electron chi connectivity index (χ2n) is 13.1. The van der Waals surface area contributed by atoms with Crippen LogP contribution in [0.1, 0.15) is 5.56 Å².